The monoisotopic (exact) mass is 288 g/mol. The van der Waals surface area contributed by atoms with Crippen LogP contribution < -0.4 is 10.2 Å². The van der Waals surface area contributed by atoms with Gasteiger partial charge in [0.05, 0.1) is 0 Å². The van der Waals surface area contributed by atoms with Gasteiger partial charge >= 0.3 is 0 Å². The van der Waals surface area contributed by atoms with Crippen LogP contribution in [0, 0.1) is 18.3 Å². The molecule has 0 spiro atoms. The Hall–Kier alpha value is -1.35. The number of anilines is 1. The molecule has 0 aromatic heterocycles. The highest BCUT2D eigenvalue weighted by atomic mass is 16.2. The Kier molecular flexibility index (Phi) is 5.04. The first-order valence-electron chi connectivity index (χ1n) is 8.06. The second-order valence-corrected chi connectivity index (χ2v) is 6.65. The van der Waals surface area contributed by atoms with Crippen LogP contribution in [0.1, 0.15) is 39.2 Å². The number of aryl methyl sites for hydroxylation is 1. The normalized spacial score (nSPS) is 19.3. The molecule has 1 aromatic carbocycles. The molecule has 1 aromatic rings. The van der Waals surface area contributed by atoms with E-state index in [2.05, 4.69) is 38.2 Å². The van der Waals surface area contributed by atoms with Crippen molar-refractivity contribution >= 4 is 11.6 Å². The van der Waals surface area contributed by atoms with E-state index >= 15 is 0 Å². The molecule has 1 heterocycles. The van der Waals surface area contributed by atoms with Gasteiger partial charge in [-0.1, -0.05) is 31.5 Å². The number of hydrogen-bond acceptors (Lipinski definition) is 2. The predicted octanol–water partition coefficient (Wildman–Crippen LogP) is 3.37. The van der Waals surface area contributed by atoms with Crippen LogP contribution in [0.2, 0.25) is 0 Å². The molecule has 0 bridgehead atoms. The lowest BCUT2D eigenvalue weighted by atomic mass is 9.74. The number of rotatable bonds is 4. The van der Waals surface area contributed by atoms with E-state index < -0.39 is 0 Å². The Bertz CT molecular complexity index is 472. The van der Waals surface area contributed by atoms with Gasteiger partial charge in [0.1, 0.15) is 0 Å². The van der Waals surface area contributed by atoms with Crippen LogP contribution >= 0.6 is 0 Å². The summed E-state index contributed by atoms with van der Waals surface area (Å²) < 4.78 is 0. The van der Waals surface area contributed by atoms with E-state index in [0.717, 1.165) is 31.6 Å². The zero-order valence-electron chi connectivity index (χ0n) is 13.8. The van der Waals surface area contributed by atoms with Crippen molar-refractivity contribution in [2.45, 2.75) is 40.5 Å². The van der Waals surface area contributed by atoms with Crippen molar-refractivity contribution in [2.24, 2.45) is 11.3 Å². The molecule has 1 fully saturated rings. The summed E-state index contributed by atoms with van der Waals surface area (Å²) in [6.07, 6.45) is 2.30. The third-order valence-electron chi connectivity index (χ3n) is 4.78. The molecule has 3 heteroatoms. The highest BCUT2D eigenvalue weighted by molar-refractivity contribution is 5.97. The summed E-state index contributed by atoms with van der Waals surface area (Å²) in [6.45, 7) is 11.1. The van der Waals surface area contributed by atoms with Crippen molar-refractivity contribution in [1.82, 2.24) is 5.32 Å². The lowest BCUT2D eigenvalue weighted by molar-refractivity contribution is -0.129. The first-order chi connectivity index (χ1) is 9.96. The van der Waals surface area contributed by atoms with Crippen LogP contribution in [0.4, 0.5) is 5.69 Å². The molecule has 3 nitrogen and oxygen atoms in total. The van der Waals surface area contributed by atoms with Gasteiger partial charge in [0.15, 0.2) is 0 Å². The van der Waals surface area contributed by atoms with E-state index in [-0.39, 0.29) is 11.3 Å². The fourth-order valence-corrected chi connectivity index (χ4v) is 3.16. The molecule has 0 radical (unpaired) electrons. The van der Waals surface area contributed by atoms with Crippen molar-refractivity contribution in [1.29, 1.82) is 0 Å². The molecule has 116 valence electrons. The molecule has 1 unspecified atom stereocenters. The molecule has 0 saturated carbocycles. The number of amides is 1. The second kappa shape index (κ2) is 6.61. The van der Waals surface area contributed by atoms with Gasteiger partial charge in [0, 0.05) is 17.6 Å². The van der Waals surface area contributed by atoms with Crippen molar-refractivity contribution in [3.8, 4) is 0 Å². The largest absolute Gasteiger partial charge is 0.316 e. The van der Waals surface area contributed by atoms with Gasteiger partial charge in [-0.25, -0.2) is 0 Å². The van der Waals surface area contributed by atoms with E-state index in [4.69, 9.17) is 0 Å². The summed E-state index contributed by atoms with van der Waals surface area (Å²) in [5.41, 5.74) is 1.90. The fraction of sp³-hybridized carbons (Fsp3) is 0.611. The summed E-state index contributed by atoms with van der Waals surface area (Å²) in [6, 6.07) is 8.23. The number of nitrogens with one attached hydrogen (secondary N) is 1. The molecule has 2 rings (SSSR count). The maximum absolute atomic E-state index is 13.1. The standard InChI is InChI=1S/C18H28N2O/c1-5-20(16-10-8-14(2)9-11-16)17(21)18(3,4)15-7-6-12-19-13-15/h8-11,15,19H,5-7,12-13H2,1-4H3. The summed E-state index contributed by atoms with van der Waals surface area (Å²) in [7, 11) is 0. The lowest BCUT2D eigenvalue weighted by Gasteiger charge is -2.39. The maximum Gasteiger partial charge on any atom is 0.232 e. The molecule has 1 aliphatic heterocycles. The van der Waals surface area contributed by atoms with Crippen LogP contribution in [0.3, 0.4) is 0 Å². The molecule has 1 atom stereocenters. The number of piperidine rings is 1. The third-order valence-corrected chi connectivity index (χ3v) is 4.78. The molecule has 1 saturated heterocycles. The summed E-state index contributed by atoms with van der Waals surface area (Å²) in [4.78, 5) is 15.0. The van der Waals surface area contributed by atoms with Crippen molar-refractivity contribution in [3.05, 3.63) is 29.8 Å². The fourth-order valence-electron chi connectivity index (χ4n) is 3.16. The van der Waals surface area contributed by atoms with E-state index in [0.29, 0.717) is 12.5 Å². The second-order valence-electron chi connectivity index (χ2n) is 6.65. The minimum atomic E-state index is -0.325. The van der Waals surface area contributed by atoms with Gasteiger partial charge in [0.2, 0.25) is 5.91 Å². The van der Waals surface area contributed by atoms with Crippen LogP contribution in [0.5, 0.6) is 0 Å². The van der Waals surface area contributed by atoms with Gasteiger partial charge in [-0.2, -0.15) is 0 Å². The average Bonchev–Trinajstić information content (AvgIpc) is 2.50. The predicted molar refractivity (Wildman–Crippen MR) is 88.6 cm³/mol. The first kappa shape index (κ1) is 16.0. The van der Waals surface area contributed by atoms with Gasteiger partial charge in [-0.3, -0.25) is 4.79 Å². The molecule has 1 N–H and O–H groups in total. The highest BCUT2D eigenvalue weighted by Gasteiger charge is 2.39. The average molecular weight is 288 g/mol. The number of nitrogens with zero attached hydrogens (tertiary/aromatic N) is 1. The highest BCUT2D eigenvalue weighted by Crippen LogP contribution is 2.35. The molecular weight excluding hydrogens is 260 g/mol. The van der Waals surface area contributed by atoms with Gasteiger partial charge in [-0.05, 0) is 57.8 Å². The quantitative estimate of drug-likeness (QED) is 0.921. The first-order valence-corrected chi connectivity index (χ1v) is 8.06. The summed E-state index contributed by atoms with van der Waals surface area (Å²) in [5.74, 6) is 0.654. The van der Waals surface area contributed by atoms with Crippen LogP contribution in [-0.4, -0.2) is 25.5 Å². The molecule has 0 aliphatic carbocycles. The smallest absolute Gasteiger partial charge is 0.232 e. The van der Waals surface area contributed by atoms with Gasteiger partial charge in [-0.15, -0.1) is 0 Å². The number of hydrogen-bond donors (Lipinski definition) is 1. The summed E-state index contributed by atoms with van der Waals surface area (Å²) in [5, 5.41) is 3.43. The van der Waals surface area contributed by atoms with Gasteiger partial charge < -0.3 is 10.2 Å². The number of carbonyl (C=O) groups excluding carboxylic acids is 1. The molecular formula is C18H28N2O. The zero-order valence-corrected chi connectivity index (χ0v) is 13.8. The molecule has 1 aliphatic rings. The van der Waals surface area contributed by atoms with Crippen molar-refractivity contribution in [2.75, 3.05) is 24.5 Å². The number of carbonyl (C=O) groups is 1. The maximum atomic E-state index is 13.1. The Labute approximate surface area is 128 Å². The third kappa shape index (κ3) is 3.46. The topological polar surface area (TPSA) is 32.3 Å². The Balaban J connectivity index is 2.20. The van der Waals surface area contributed by atoms with E-state index in [9.17, 15) is 4.79 Å². The SMILES string of the molecule is CCN(C(=O)C(C)(C)C1CCCNC1)c1ccc(C)cc1. The van der Waals surface area contributed by atoms with Crippen LogP contribution in [0.15, 0.2) is 24.3 Å². The van der Waals surface area contributed by atoms with Crippen molar-refractivity contribution < 1.29 is 4.79 Å². The Morgan fingerprint density at radius 1 is 1.33 bits per heavy atom. The number of benzene rings is 1. The summed E-state index contributed by atoms with van der Waals surface area (Å²) >= 11 is 0. The Morgan fingerprint density at radius 3 is 2.52 bits per heavy atom. The lowest BCUT2D eigenvalue weighted by Crippen LogP contribution is -2.49. The zero-order chi connectivity index (χ0) is 15.5. The van der Waals surface area contributed by atoms with Gasteiger partial charge in [0.25, 0.3) is 0 Å². The van der Waals surface area contributed by atoms with Crippen LogP contribution in [-0.2, 0) is 4.79 Å². The minimum absolute atomic E-state index is 0.238. The van der Waals surface area contributed by atoms with Crippen molar-refractivity contribution in [3.63, 3.8) is 0 Å². The molecule has 1 amide bonds. The van der Waals surface area contributed by atoms with Crippen LogP contribution in [0.25, 0.3) is 0 Å². The molecule has 21 heavy (non-hydrogen) atoms. The van der Waals surface area contributed by atoms with E-state index in [1.165, 1.54) is 5.56 Å². The van der Waals surface area contributed by atoms with E-state index in [1.54, 1.807) is 0 Å². The van der Waals surface area contributed by atoms with E-state index in [1.807, 2.05) is 24.0 Å². The minimum Gasteiger partial charge on any atom is -0.316 e. The Morgan fingerprint density at radius 2 is 2.00 bits per heavy atom.